The molecule has 0 bridgehead atoms. The van der Waals surface area contributed by atoms with Crippen molar-refractivity contribution < 1.29 is 9.53 Å². The number of H-pyrrole nitrogens is 1. The number of ether oxygens (including phenoxy) is 1. The summed E-state index contributed by atoms with van der Waals surface area (Å²) in [6.45, 7) is 7.08. The van der Waals surface area contributed by atoms with Crippen molar-refractivity contribution in [2.45, 2.75) is 19.5 Å². The topological polar surface area (TPSA) is 77.6 Å². The van der Waals surface area contributed by atoms with E-state index in [1.807, 2.05) is 0 Å². The minimum atomic E-state index is -0.419. The Hall–Kier alpha value is -2.97. The van der Waals surface area contributed by atoms with E-state index in [1.165, 1.54) is 47.2 Å². The van der Waals surface area contributed by atoms with Crippen molar-refractivity contribution in [1.82, 2.24) is 24.8 Å². The maximum absolute atomic E-state index is 11.6. The summed E-state index contributed by atoms with van der Waals surface area (Å²) in [6, 6.07) is 6.80. The summed E-state index contributed by atoms with van der Waals surface area (Å²) in [5.41, 5.74) is 5.53. The van der Waals surface area contributed by atoms with Crippen LogP contribution >= 0.6 is 0 Å². The van der Waals surface area contributed by atoms with Crippen molar-refractivity contribution in [2.24, 2.45) is 0 Å². The van der Waals surface area contributed by atoms with E-state index in [1.54, 1.807) is 0 Å². The molecule has 8 heteroatoms. The predicted octanol–water partition coefficient (Wildman–Crippen LogP) is 2.05. The first kappa shape index (κ1) is 20.0. The molecule has 0 unspecified atom stereocenters. The molecule has 1 fully saturated rings. The molecular formula is C23H28N6O2. The van der Waals surface area contributed by atoms with Crippen molar-refractivity contribution in [3.63, 3.8) is 0 Å². The second kappa shape index (κ2) is 8.28. The number of likely N-dealkylation sites (N-methyl/N-ethyl adjacent to an activating group) is 1. The van der Waals surface area contributed by atoms with Crippen molar-refractivity contribution >= 4 is 22.8 Å². The Bertz CT molecular complexity index is 1090. The van der Waals surface area contributed by atoms with Gasteiger partial charge in [-0.1, -0.05) is 6.07 Å². The largest absolute Gasteiger partial charge is 0.465 e. The lowest BCUT2D eigenvalue weighted by molar-refractivity contribution is 0.0600. The van der Waals surface area contributed by atoms with Gasteiger partial charge < -0.3 is 19.5 Å². The molecule has 1 saturated heterocycles. The van der Waals surface area contributed by atoms with E-state index in [2.05, 4.69) is 54.9 Å². The van der Waals surface area contributed by atoms with Crippen molar-refractivity contribution in [1.29, 1.82) is 0 Å². The molecule has 8 nitrogen and oxygen atoms in total. The molecular weight excluding hydrogens is 392 g/mol. The van der Waals surface area contributed by atoms with Gasteiger partial charge in [-0.05, 0) is 24.7 Å². The smallest absolute Gasteiger partial charge is 0.341 e. The lowest BCUT2D eigenvalue weighted by Gasteiger charge is -2.32. The fourth-order valence-electron chi connectivity index (χ4n) is 4.50. The number of esters is 1. The highest BCUT2D eigenvalue weighted by Gasteiger charge is 2.23. The van der Waals surface area contributed by atoms with Gasteiger partial charge >= 0.3 is 5.97 Å². The number of piperazine rings is 1. The number of methoxy groups -OCH3 is 1. The number of carbonyl (C=O) groups is 1. The number of aromatic amines is 1. The summed E-state index contributed by atoms with van der Waals surface area (Å²) >= 11 is 0. The average Bonchev–Trinajstić information content (AvgIpc) is 3.17. The van der Waals surface area contributed by atoms with Crippen LogP contribution in [-0.4, -0.2) is 77.6 Å². The Morgan fingerprint density at radius 3 is 2.65 bits per heavy atom. The number of fused-ring (bicyclic) bond motifs is 3. The Balaban J connectivity index is 1.36. The number of nitrogens with one attached hydrogen (secondary N) is 1. The number of benzene rings is 1. The number of hydrogen-bond donors (Lipinski definition) is 1. The van der Waals surface area contributed by atoms with E-state index >= 15 is 0 Å². The van der Waals surface area contributed by atoms with Crippen LogP contribution in [-0.2, 0) is 24.2 Å². The van der Waals surface area contributed by atoms with Gasteiger partial charge in [0, 0.05) is 86.8 Å². The van der Waals surface area contributed by atoms with Gasteiger partial charge in [-0.15, -0.1) is 0 Å². The molecule has 1 aromatic carbocycles. The van der Waals surface area contributed by atoms with Gasteiger partial charge in [0.05, 0.1) is 12.7 Å². The standard InChI is InChI=1S/C23H28N6O2/c1-27-7-9-28(10-8-27)14-16-3-4-20-18(11-16)19-15-29(6-5-21(19)26-20)23-24-12-17(13-25-23)22(30)31-2/h3-4,11-13,26H,5-10,14-15H2,1-2H3. The van der Waals surface area contributed by atoms with Crippen LogP contribution in [0.2, 0.25) is 0 Å². The maximum Gasteiger partial charge on any atom is 0.341 e. The molecule has 2 aromatic heterocycles. The zero-order chi connectivity index (χ0) is 21.4. The number of rotatable bonds is 4. The molecule has 1 N–H and O–H groups in total. The molecule has 4 heterocycles. The first-order chi connectivity index (χ1) is 15.1. The first-order valence-electron chi connectivity index (χ1n) is 10.8. The normalized spacial score (nSPS) is 17.7. The van der Waals surface area contributed by atoms with Gasteiger partial charge in [-0.25, -0.2) is 14.8 Å². The van der Waals surface area contributed by atoms with Crippen LogP contribution in [0, 0.1) is 0 Å². The van der Waals surface area contributed by atoms with Crippen LogP contribution in [0.25, 0.3) is 10.9 Å². The monoisotopic (exact) mass is 420 g/mol. The third kappa shape index (κ3) is 4.00. The first-order valence-corrected chi connectivity index (χ1v) is 10.8. The van der Waals surface area contributed by atoms with E-state index in [9.17, 15) is 4.79 Å². The van der Waals surface area contributed by atoms with E-state index in [-0.39, 0.29) is 0 Å². The fraction of sp³-hybridized carbons (Fsp3) is 0.435. The lowest BCUT2D eigenvalue weighted by Crippen LogP contribution is -2.43. The van der Waals surface area contributed by atoms with E-state index < -0.39 is 5.97 Å². The van der Waals surface area contributed by atoms with Gasteiger partial charge in [0.2, 0.25) is 5.95 Å². The Morgan fingerprint density at radius 1 is 1.13 bits per heavy atom. The molecule has 0 radical (unpaired) electrons. The fourth-order valence-corrected chi connectivity index (χ4v) is 4.50. The molecule has 5 rings (SSSR count). The summed E-state index contributed by atoms with van der Waals surface area (Å²) in [7, 11) is 3.55. The van der Waals surface area contributed by atoms with E-state index in [0.29, 0.717) is 11.5 Å². The van der Waals surface area contributed by atoms with Crippen LogP contribution in [0.5, 0.6) is 0 Å². The molecule has 3 aromatic rings. The molecule has 162 valence electrons. The van der Waals surface area contributed by atoms with Gasteiger partial charge in [0.1, 0.15) is 0 Å². The molecule has 2 aliphatic rings. The Kier molecular flexibility index (Phi) is 5.33. The Morgan fingerprint density at radius 2 is 1.90 bits per heavy atom. The minimum Gasteiger partial charge on any atom is -0.465 e. The summed E-state index contributed by atoms with van der Waals surface area (Å²) < 4.78 is 4.73. The highest BCUT2D eigenvalue weighted by Crippen LogP contribution is 2.30. The molecule has 0 amide bonds. The number of nitrogens with zero attached hydrogens (tertiary/aromatic N) is 5. The predicted molar refractivity (Wildman–Crippen MR) is 119 cm³/mol. The third-order valence-electron chi connectivity index (χ3n) is 6.38. The van der Waals surface area contributed by atoms with Gasteiger partial charge in [-0.3, -0.25) is 4.90 Å². The molecule has 0 spiro atoms. The van der Waals surface area contributed by atoms with Gasteiger partial charge in [0.15, 0.2) is 0 Å². The molecule has 0 saturated carbocycles. The highest BCUT2D eigenvalue weighted by atomic mass is 16.5. The van der Waals surface area contributed by atoms with Crippen molar-refractivity contribution in [2.75, 3.05) is 51.8 Å². The summed E-state index contributed by atoms with van der Waals surface area (Å²) in [5.74, 6) is 0.221. The average molecular weight is 421 g/mol. The zero-order valence-corrected chi connectivity index (χ0v) is 18.1. The third-order valence-corrected chi connectivity index (χ3v) is 6.38. The quantitative estimate of drug-likeness (QED) is 0.648. The number of aromatic nitrogens is 3. The Labute approximate surface area is 181 Å². The number of anilines is 1. The minimum absolute atomic E-state index is 0.365. The molecule has 31 heavy (non-hydrogen) atoms. The molecule has 2 aliphatic heterocycles. The van der Waals surface area contributed by atoms with E-state index in [4.69, 9.17) is 4.74 Å². The molecule has 0 atom stereocenters. The summed E-state index contributed by atoms with van der Waals surface area (Å²) in [6.07, 6.45) is 3.99. The zero-order valence-electron chi connectivity index (χ0n) is 18.1. The van der Waals surface area contributed by atoms with Crippen LogP contribution in [0.3, 0.4) is 0 Å². The molecule has 0 aliphatic carbocycles. The van der Waals surface area contributed by atoms with Crippen LogP contribution in [0.1, 0.15) is 27.2 Å². The SMILES string of the molecule is COC(=O)c1cnc(N2CCc3[nH]c4ccc(CN5CCN(C)CC5)cc4c3C2)nc1. The van der Waals surface area contributed by atoms with Crippen molar-refractivity contribution in [3.8, 4) is 0 Å². The second-order valence-corrected chi connectivity index (χ2v) is 8.48. The second-order valence-electron chi connectivity index (χ2n) is 8.48. The highest BCUT2D eigenvalue weighted by molar-refractivity contribution is 5.88. The lowest BCUT2D eigenvalue weighted by atomic mass is 10.0. The van der Waals surface area contributed by atoms with Crippen LogP contribution in [0.15, 0.2) is 30.6 Å². The van der Waals surface area contributed by atoms with Gasteiger partial charge in [0.25, 0.3) is 0 Å². The summed E-state index contributed by atoms with van der Waals surface area (Å²) in [5, 5.41) is 1.29. The summed E-state index contributed by atoms with van der Waals surface area (Å²) in [4.78, 5) is 31.1. The number of carbonyl (C=O) groups excluding carboxylic acids is 1. The van der Waals surface area contributed by atoms with Gasteiger partial charge in [-0.2, -0.15) is 0 Å². The maximum atomic E-state index is 11.6. The van der Waals surface area contributed by atoms with E-state index in [0.717, 1.165) is 52.2 Å². The number of hydrogen-bond acceptors (Lipinski definition) is 7. The van der Waals surface area contributed by atoms with Crippen molar-refractivity contribution in [3.05, 3.63) is 53.0 Å². The van der Waals surface area contributed by atoms with Crippen LogP contribution in [0.4, 0.5) is 5.95 Å². The van der Waals surface area contributed by atoms with Crippen LogP contribution < -0.4 is 4.90 Å².